The molecular formula is C50H51ClN6O9S2. The minimum absolute atomic E-state index is 0.0650. The van der Waals surface area contributed by atoms with E-state index in [0.29, 0.717) is 47.1 Å². The monoisotopic (exact) mass is 978 g/mol. The molecule has 5 amide bonds. The van der Waals surface area contributed by atoms with E-state index in [1.165, 1.54) is 0 Å². The molecule has 4 aliphatic heterocycles. The normalized spacial score (nSPS) is 19.5. The van der Waals surface area contributed by atoms with Crippen LogP contribution in [0.25, 0.3) is 21.2 Å². The molecule has 5 N–H and O–H groups in total. The number of carbonyl (C=O) groups excluding carboxylic acids is 4. The molecule has 0 spiro atoms. The van der Waals surface area contributed by atoms with Crippen molar-refractivity contribution < 1.29 is 43.7 Å². The summed E-state index contributed by atoms with van der Waals surface area (Å²) in [6, 6.07) is 24.6. The number of halogens is 1. The Morgan fingerprint density at radius 3 is 2.44 bits per heavy atom. The zero-order valence-corrected chi connectivity index (χ0v) is 39.9. The van der Waals surface area contributed by atoms with Gasteiger partial charge in [0.2, 0.25) is 11.8 Å². The summed E-state index contributed by atoms with van der Waals surface area (Å²) < 4.78 is 7.68. The molecule has 5 aromatic rings. The standard InChI is InChI=1S/C50H51ClN6O9S2/c1-50(2)25-34(52-33-9-4-7-31(24-33)44-42(51)43(66-26-40(59)60)45(68-44)48(63)64)18-21-56(50)67-27-29-6-3-8-32(23-29)53-49(65)55-19-16-28(17-20-55)22-30-12-13-37-41-35(30)10-5-11-36(41)47(62)57(37)38-14-15-39(58)54-46(38)61/h3-13,23-24,28,34,38,52H,14-22,25-27H2,1-2H3,(H,53,65)(H,59,60)(H,63,64)(H,54,58,61). The van der Waals surface area contributed by atoms with Crippen molar-refractivity contribution in [3.8, 4) is 16.2 Å². The molecule has 3 fully saturated rings. The van der Waals surface area contributed by atoms with E-state index in [9.17, 15) is 33.9 Å². The lowest BCUT2D eigenvalue weighted by Gasteiger charge is -2.45. The van der Waals surface area contributed by atoms with Gasteiger partial charge < -0.3 is 30.5 Å². The molecule has 2 atom stereocenters. The number of carboxylic acids is 2. The third-order valence-electron chi connectivity index (χ3n) is 13.3. The highest BCUT2D eigenvalue weighted by Gasteiger charge is 2.41. The number of hydrogen-bond acceptors (Lipinski definition) is 11. The van der Waals surface area contributed by atoms with Gasteiger partial charge in [0.05, 0.1) is 10.6 Å². The number of anilines is 3. The fraction of sp³-hybridized carbons (Fsp3) is 0.360. The number of benzene rings is 4. The maximum atomic E-state index is 13.6. The number of imide groups is 1. The second-order valence-corrected chi connectivity index (χ2v) is 20.8. The van der Waals surface area contributed by atoms with Crippen LogP contribution >= 0.6 is 34.9 Å². The van der Waals surface area contributed by atoms with Gasteiger partial charge in [-0.05, 0) is 117 Å². The number of hydrogen-bond donors (Lipinski definition) is 5. The van der Waals surface area contributed by atoms with Gasteiger partial charge >= 0.3 is 18.0 Å². The zero-order chi connectivity index (χ0) is 47.9. The third-order valence-corrected chi connectivity index (χ3v) is 16.4. The molecule has 15 nitrogen and oxygen atoms in total. The van der Waals surface area contributed by atoms with E-state index in [1.807, 2.05) is 65.6 Å². The summed E-state index contributed by atoms with van der Waals surface area (Å²) in [4.78, 5) is 78.5. The van der Waals surface area contributed by atoms with Gasteiger partial charge in [-0.1, -0.05) is 66.0 Å². The predicted molar refractivity (Wildman–Crippen MR) is 264 cm³/mol. The third kappa shape index (κ3) is 9.75. The highest BCUT2D eigenvalue weighted by atomic mass is 35.5. The summed E-state index contributed by atoms with van der Waals surface area (Å²) in [6.45, 7) is 5.86. The summed E-state index contributed by atoms with van der Waals surface area (Å²) in [5.74, 6) is -2.52. The first-order chi connectivity index (χ1) is 32.6. The van der Waals surface area contributed by atoms with E-state index in [1.54, 1.807) is 22.9 Å². The maximum Gasteiger partial charge on any atom is 0.349 e. The van der Waals surface area contributed by atoms with Gasteiger partial charge in [0.25, 0.3) is 5.91 Å². The number of aromatic carboxylic acids is 1. The second kappa shape index (κ2) is 19.5. The number of urea groups is 1. The molecule has 9 rings (SSSR count). The molecule has 0 radical (unpaired) electrons. The predicted octanol–water partition coefficient (Wildman–Crippen LogP) is 9.14. The number of thiophene rings is 1. The van der Waals surface area contributed by atoms with Crippen molar-refractivity contribution in [2.75, 3.05) is 41.8 Å². The Hall–Kier alpha value is -6.14. The second-order valence-electron chi connectivity index (χ2n) is 18.4. The van der Waals surface area contributed by atoms with Crippen LogP contribution in [0.1, 0.15) is 83.5 Å². The Bertz CT molecular complexity index is 2840. The Kier molecular flexibility index (Phi) is 13.4. The van der Waals surface area contributed by atoms with Gasteiger partial charge in [-0.15, -0.1) is 11.3 Å². The number of piperidine rings is 3. The summed E-state index contributed by atoms with van der Waals surface area (Å²) in [7, 11) is 0. The number of carbonyl (C=O) groups is 6. The summed E-state index contributed by atoms with van der Waals surface area (Å²) >= 11 is 9.27. The molecule has 0 aliphatic carbocycles. The van der Waals surface area contributed by atoms with Crippen LogP contribution in [0, 0.1) is 5.92 Å². The number of ether oxygens (including phenoxy) is 1. The van der Waals surface area contributed by atoms with Crippen LogP contribution in [0.5, 0.6) is 5.75 Å². The molecule has 0 bridgehead atoms. The maximum absolute atomic E-state index is 13.6. The molecule has 5 heterocycles. The largest absolute Gasteiger partial charge is 0.479 e. The van der Waals surface area contributed by atoms with Crippen molar-refractivity contribution in [3.63, 3.8) is 0 Å². The first kappa shape index (κ1) is 46.9. The summed E-state index contributed by atoms with van der Waals surface area (Å²) in [5, 5.41) is 29.9. The topological polar surface area (TPSA) is 198 Å². The Morgan fingerprint density at radius 1 is 0.926 bits per heavy atom. The molecule has 68 heavy (non-hydrogen) atoms. The number of amides is 5. The van der Waals surface area contributed by atoms with Gasteiger partial charge in [-0.2, -0.15) is 0 Å². The van der Waals surface area contributed by atoms with Gasteiger partial charge in [-0.25, -0.2) is 18.7 Å². The minimum Gasteiger partial charge on any atom is -0.479 e. The van der Waals surface area contributed by atoms with E-state index in [0.717, 1.165) is 89.0 Å². The average Bonchev–Trinajstić information content (AvgIpc) is 3.79. The lowest BCUT2D eigenvalue weighted by atomic mass is 9.87. The molecule has 18 heteroatoms. The minimum atomic E-state index is -1.25. The van der Waals surface area contributed by atoms with Crippen molar-refractivity contribution in [2.45, 2.75) is 82.2 Å². The van der Waals surface area contributed by atoms with E-state index >= 15 is 0 Å². The summed E-state index contributed by atoms with van der Waals surface area (Å²) in [6.07, 6.45) is 4.73. The molecule has 4 aromatic carbocycles. The molecule has 4 aliphatic rings. The van der Waals surface area contributed by atoms with E-state index in [4.69, 9.17) is 21.4 Å². The fourth-order valence-corrected chi connectivity index (χ4v) is 12.5. The van der Waals surface area contributed by atoms with Crippen LogP contribution in [0.15, 0.2) is 78.9 Å². The number of carboxylic acid groups (broad SMARTS) is 2. The lowest BCUT2D eigenvalue weighted by molar-refractivity contribution is -0.139. The van der Waals surface area contributed by atoms with Crippen LogP contribution < -0.4 is 25.6 Å². The molecule has 2 unspecified atom stereocenters. The van der Waals surface area contributed by atoms with Crippen LogP contribution in [0.2, 0.25) is 5.02 Å². The van der Waals surface area contributed by atoms with E-state index in [2.05, 4.69) is 46.2 Å². The number of nitrogens with one attached hydrogen (secondary N) is 3. The van der Waals surface area contributed by atoms with Crippen LogP contribution in [-0.4, -0.2) is 99.0 Å². The number of rotatable bonds is 14. The smallest absolute Gasteiger partial charge is 0.349 e. The van der Waals surface area contributed by atoms with Crippen molar-refractivity contribution in [1.82, 2.24) is 14.5 Å². The van der Waals surface area contributed by atoms with Crippen molar-refractivity contribution in [2.24, 2.45) is 5.92 Å². The molecule has 3 saturated heterocycles. The van der Waals surface area contributed by atoms with Gasteiger partial charge in [-0.3, -0.25) is 24.6 Å². The fourth-order valence-electron chi connectivity index (χ4n) is 9.94. The van der Waals surface area contributed by atoms with E-state index < -0.39 is 30.5 Å². The van der Waals surface area contributed by atoms with E-state index in [-0.39, 0.29) is 51.5 Å². The quantitative estimate of drug-likeness (QED) is 0.0523. The van der Waals surface area contributed by atoms with Gasteiger partial charge in [0, 0.05) is 65.7 Å². The highest BCUT2D eigenvalue weighted by molar-refractivity contribution is 7.96. The Balaban J connectivity index is 0.756. The van der Waals surface area contributed by atoms with Crippen LogP contribution in [0.4, 0.5) is 21.9 Å². The number of likely N-dealkylation sites (tertiary alicyclic amines) is 1. The number of aliphatic carboxylic acids is 1. The zero-order valence-electron chi connectivity index (χ0n) is 37.5. The van der Waals surface area contributed by atoms with Crippen molar-refractivity contribution in [1.29, 1.82) is 0 Å². The lowest BCUT2D eigenvalue weighted by Crippen LogP contribution is -2.53. The molecular weight excluding hydrogens is 928 g/mol. The number of nitrogens with zero attached hydrogens (tertiary/aromatic N) is 3. The first-order valence-electron chi connectivity index (χ1n) is 22.7. The van der Waals surface area contributed by atoms with Crippen molar-refractivity contribution in [3.05, 3.63) is 105 Å². The van der Waals surface area contributed by atoms with Crippen molar-refractivity contribution >= 4 is 98.4 Å². The average molecular weight is 980 g/mol. The molecule has 354 valence electrons. The molecule has 1 aromatic heterocycles. The highest BCUT2D eigenvalue weighted by Crippen LogP contribution is 2.47. The molecule has 0 saturated carbocycles. The SMILES string of the molecule is CC1(C)CC(Nc2cccc(-c3sc(C(=O)O)c(OCC(=O)O)c3Cl)c2)CCN1SCc1cccc(NC(=O)N2CCC(Cc3ccc4c5c(cccc35)C(=O)N4C3CCC(=O)NC3=O)CC2)c1. The van der Waals surface area contributed by atoms with Crippen LogP contribution in [0.3, 0.4) is 0 Å². The summed E-state index contributed by atoms with van der Waals surface area (Å²) in [5.41, 5.74) is 5.67. The van der Waals surface area contributed by atoms with Crippen LogP contribution in [-0.2, 0) is 26.6 Å². The first-order valence-corrected chi connectivity index (χ1v) is 24.8. The van der Waals surface area contributed by atoms with Gasteiger partial charge in [0.1, 0.15) is 11.1 Å². The Labute approximate surface area is 406 Å². The Morgan fingerprint density at radius 2 is 1.69 bits per heavy atom. The van der Waals surface area contributed by atoms with Gasteiger partial charge in [0.15, 0.2) is 17.2 Å².